The predicted octanol–water partition coefficient (Wildman–Crippen LogP) is 5.77. The van der Waals surface area contributed by atoms with Crippen molar-refractivity contribution in [3.8, 4) is 0 Å². The van der Waals surface area contributed by atoms with Gasteiger partial charge in [-0.25, -0.2) is 0 Å². The average molecular weight is 254 g/mol. The number of rotatable bonds is 1. The number of Topliss-reactive ketones (excluding diaryl/α,β-unsaturated/α-hetero) is 1. The van der Waals surface area contributed by atoms with Crippen LogP contribution in [0.5, 0.6) is 0 Å². The average Bonchev–Trinajstić information content (AvgIpc) is 2.43. The third-order valence-electron chi connectivity index (χ3n) is 4.07. The van der Waals surface area contributed by atoms with Crippen LogP contribution in [0.4, 0.5) is 0 Å². The lowest BCUT2D eigenvalue weighted by Gasteiger charge is -2.17. The highest BCUT2D eigenvalue weighted by Gasteiger charge is 2.16. The van der Waals surface area contributed by atoms with Gasteiger partial charge in [-0.05, 0) is 25.7 Å². The maximum absolute atomic E-state index is 10.8. The third kappa shape index (κ3) is 8.72. The monoisotopic (exact) mass is 254 g/mol. The lowest BCUT2D eigenvalue weighted by atomic mass is 9.87. The van der Waals surface area contributed by atoms with E-state index in [2.05, 4.69) is 6.92 Å². The third-order valence-corrected chi connectivity index (χ3v) is 4.07. The lowest BCUT2D eigenvalue weighted by Crippen LogP contribution is -2.13. The molecule has 0 aliphatic heterocycles. The molecule has 2 aliphatic carbocycles. The van der Waals surface area contributed by atoms with Crippen molar-refractivity contribution in [2.75, 3.05) is 0 Å². The second-order valence-corrected chi connectivity index (χ2v) is 5.69. The molecule has 2 saturated carbocycles. The van der Waals surface area contributed by atoms with Crippen molar-refractivity contribution in [2.45, 2.75) is 91.9 Å². The summed E-state index contributed by atoms with van der Waals surface area (Å²) in [6.45, 7) is 8.08. The molecule has 0 aromatic rings. The van der Waals surface area contributed by atoms with Crippen LogP contribution >= 0.6 is 0 Å². The van der Waals surface area contributed by atoms with Gasteiger partial charge in [0.05, 0.1) is 0 Å². The molecule has 0 heterocycles. The van der Waals surface area contributed by atoms with E-state index in [9.17, 15) is 4.79 Å². The number of hydrogen-bond acceptors (Lipinski definition) is 1. The van der Waals surface area contributed by atoms with Crippen molar-refractivity contribution in [3.63, 3.8) is 0 Å². The molecule has 18 heavy (non-hydrogen) atoms. The Balaban J connectivity index is 0.000000289. The number of carbonyl (C=O) groups excluding carboxylic acids is 1. The fraction of sp³-hybridized carbons (Fsp3) is 0.941. The van der Waals surface area contributed by atoms with Crippen LogP contribution in [0.3, 0.4) is 0 Å². The summed E-state index contributed by atoms with van der Waals surface area (Å²) in [5.41, 5.74) is 0. The Morgan fingerprint density at radius 2 is 1.17 bits per heavy atom. The lowest BCUT2D eigenvalue weighted by molar-refractivity contribution is -0.121. The van der Waals surface area contributed by atoms with Crippen molar-refractivity contribution in [3.05, 3.63) is 0 Å². The van der Waals surface area contributed by atoms with Crippen LogP contribution in [-0.2, 0) is 4.79 Å². The van der Waals surface area contributed by atoms with E-state index >= 15 is 0 Å². The molecule has 0 aromatic heterocycles. The van der Waals surface area contributed by atoms with Gasteiger partial charge < -0.3 is 0 Å². The fourth-order valence-electron chi connectivity index (χ4n) is 2.82. The van der Waals surface area contributed by atoms with Gasteiger partial charge >= 0.3 is 0 Å². The van der Waals surface area contributed by atoms with Crippen LogP contribution in [0.1, 0.15) is 91.9 Å². The van der Waals surface area contributed by atoms with Gasteiger partial charge in [-0.3, -0.25) is 4.79 Å². The molecule has 0 amide bonds. The first-order chi connectivity index (χ1) is 8.70. The zero-order valence-corrected chi connectivity index (χ0v) is 13.1. The first-order valence-electron chi connectivity index (χ1n) is 8.20. The minimum atomic E-state index is 0.398. The largest absolute Gasteiger partial charge is 0.300 e. The van der Waals surface area contributed by atoms with Gasteiger partial charge in [-0.15, -0.1) is 0 Å². The zero-order valence-electron chi connectivity index (χ0n) is 13.1. The van der Waals surface area contributed by atoms with E-state index in [1.807, 2.05) is 13.8 Å². The van der Waals surface area contributed by atoms with Gasteiger partial charge in [0.25, 0.3) is 0 Å². The summed E-state index contributed by atoms with van der Waals surface area (Å²) >= 11 is 0. The zero-order chi connectivity index (χ0) is 13.8. The molecule has 1 heteroatoms. The molecule has 2 fully saturated rings. The Labute approximate surface area is 115 Å². The first kappa shape index (κ1) is 17.7. The number of ketones is 1. The minimum Gasteiger partial charge on any atom is -0.300 e. The van der Waals surface area contributed by atoms with Gasteiger partial charge in [0, 0.05) is 5.92 Å². The molecule has 1 nitrogen and oxygen atoms in total. The van der Waals surface area contributed by atoms with Crippen LogP contribution in [0.2, 0.25) is 0 Å². The molecule has 0 atom stereocenters. The predicted molar refractivity (Wildman–Crippen MR) is 80.9 cm³/mol. The van der Waals surface area contributed by atoms with E-state index in [4.69, 9.17) is 0 Å². The van der Waals surface area contributed by atoms with Crippen LogP contribution < -0.4 is 0 Å². The maximum Gasteiger partial charge on any atom is 0.132 e. The second kappa shape index (κ2) is 11.7. The summed E-state index contributed by atoms with van der Waals surface area (Å²) in [5.74, 6) is 1.85. The number of carbonyl (C=O) groups is 1. The molecule has 108 valence electrons. The summed E-state index contributed by atoms with van der Waals surface area (Å²) in [5, 5.41) is 0. The Morgan fingerprint density at radius 1 is 0.778 bits per heavy atom. The highest BCUT2D eigenvalue weighted by atomic mass is 16.1. The van der Waals surface area contributed by atoms with Crippen molar-refractivity contribution >= 4 is 5.78 Å². The summed E-state index contributed by atoms with van der Waals surface area (Å²) in [6, 6.07) is 0. The maximum atomic E-state index is 10.8. The van der Waals surface area contributed by atoms with Crippen molar-refractivity contribution < 1.29 is 4.79 Å². The smallest absolute Gasteiger partial charge is 0.132 e. The minimum absolute atomic E-state index is 0.398. The Hall–Kier alpha value is -0.330. The van der Waals surface area contributed by atoms with Gasteiger partial charge in [-0.1, -0.05) is 72.1 Å². The molecule has 0 spiro atoms. The van der Waals surface area contributed by atoms with Gasteiger partial charge in [-0.2, -0.15) is 0 Å². The Kier molecular flexibility index (Phi) is 11.5. The van der Waals surface area contributed by atoms with E-state index in [-0.39, 0.29) is 0 Å². The molecule has 2 rings (SSSR count). The number of hydrogen-bond donors (Lipinski definition) is 0. The Bertz CT molecular complexity index is 186. The van der Waals surface area contributed by atoms with Gasteiger partial charge in [0.1, 0.15) is 5.78 Å². The molecular formula is C17H34O. The summed E-state index contributed by atoms with van der Waals surface area (Å²) in [4.78, 5) is 10.8. The summed E-state index contributed by atoms with van der Waals surface area (Å²) in [6.07, 6.45) is 13.6. The van der Waals surface area contributed by atoms with Gasteiger partial charge in [0.2, 0.25) is 0 Å². The van der Waals surface area contributed by atoms with Crippen LogP contribution in [-0.4, -0.2) is 5.78 Å². The topological polar surface area (TPSA) is 17.1 Å². The molecule has 0 saturated heterocycles. The molecule has 0 bridgehead atoms. The highest BCUT2D eigenvalue weighted by molar-refractivity contribution is 5.78. The summed E-state index contributed by atoms with van der Waals surface area (Å²) in [7, 11) is 0. The SMILES string of the molecule is CC.CC(=O)C1CCCCC1.CC1CCCCC1. The van der Waals surface area contributed by atoms with E-state index in [0.717, 1.165) is 18.8 Å². The normalized spacial score (nSPS) is 21.1. The van der Waals surface area contributed by atoms with Crippen LogP contribution in [0, 0.1) is 11.8 Å². The molecular weight excluding hydrogens is 220 g/mol. The van der Waals surface area contributed by atoms with Crippen LogP contribution in [0.15, 0.2) is 0 Å². The standard InChI is InChI=1S/C8H14O.C7H14.C2H6/c1-7(9)8-5-3-2-4-6-8;1-7-5-3-2-4-6-7;1-2/h8H,2-6H2,1H3;7H,2-6H2,1H3;1-2H3. The molecule has 0 radical (unpaired) electrons. The molecule has 2 aliphatic rings. The Morgan fingerprint density at radius 3 is 1.39 bits per heavy atom. The van der Waals surface area contributed by atoms with Crippen molar-refractivity contribution in [1.82, 2.24) is 0 Å². The van der Waals surface area contributed by atoms with Crippen LogP contribution in [0.25, 0.3) is 0 Å². The second-order valence-electron chi connectivity index (χ2n) is 5.69. The molecule has 0 N–H and O–H groups in total. The van der Waals surface area contributed by atoms with Gasteiger partial charge in [0.15, 0.2) is 0 Å². The fourth-order valence-corrected chi connectivity index (χ4v) is 2.82. The first-order valence-corrected chi connectivity index (χ1v) is 8.20. The van der Waals surface area contributed by atoms with E-state index in [0.29, 0.717) is 11.7 Å². The van der Waals surface area contributed by atoms with Crippen molar-refractivity contribution in [2.24, 2.45) is 11.8 Å². The quantitative estimate of drug-likeness (QED) is 0.580. The summed E-state index contributed by atoms with van der Waals surface area (Å²) < 4.78 is 0. The highest BCUT2D eigenvalue weighted by Crippen LogP contribution is 2.23. The van der Waals surface area contributed by atoms with E-state index in [1.54, 1.807) is 6.92 Å². The molecule has 0 unspecified atom stereocenters. The van der Waals surface area contributed by atoms with Crippen molar-refractivity contribution in [1.29, 1.82) is 0 Å². The van der Waals surface area contributed by atoms with E-state index in [1.165, 1.54) is 51.4 Å². The van der Waals surface area contributed by atoms with E-state index < -0.39 is 0 Å². The molecule has 0 aromatic carbocycles.